The molecule has 0 atom stereocenters. The van der Waals surface area contributed by atoms with Gasteiger partial charge in [0.1, 0.15) is 0 Å². The number of nitrogens with two attached hydrogens (primary N) is 1. The average molecular weight is 273 g/mol. The number of aromatic nitrogens is 1. The number of rotatable bonds is 7. The molecule has 104 valence electrons. The highest BCUT2D eigenvalue weighted by molar-refractivity contribution is 7.11. The van der Waals surface area contributed by atoms with Crippen LogP contribution in [-0.4, -0.2) is 36.8 Å². The summed E-state index contributed by atoms with van der Waals surface area (Å²) in [6.45, 7) is 9.68. The van der Waals surface area contributed by atoms with Gasteiger partial charge in [0.15, 0.2) is 16.6 Å². The van der Waals surface area contributed by atoms with Crippen molar-refractivity contribution in [1.29, 1.82) is 0 Å². The summed E-state index contributed by atoms with van der Waals surface area (Å²) in [5.41, 5.74) is 5.87. The molecular weight excluding hydrogens is 250 g/mol. The van der Waals surface area contributed by atoms with Gasteiger partial charge in [0, 0.05) is 19.7 Å². The molecule has 1 aromatic heterocycles. The second kappa shape index (κ2) is 6.80. The molecule has 0 aliphatic carbocycles. The van der Waals surface area contributed by atoms with Gasteiger partial charge >= 0.3 is 0 Å². The van der Waals surface area contributed by atoms with Gasteiger partial charge in [-0.15, -0.1) is 0 Å². The average Bonchev–Trinajstić information content (AvgIpc) is 2.61. The molecule has 0 saturated heterocycles. The van der Waals surface area contributed by atoms with Crippen LogP contribution in [0.15, 0.2) is 0 Å². The fourth-order valence-electron chi connectivity index (χ4n) is 1.60. The highest BCUT2D eigenvalue weighted by Crippen LogP contribution is 2.39. The van der Waals surface area contributed by atoms with Crippen LogP contribution < -0.4 is 15.4 Å². The second-order valence-electron chi connectivity index (χ2n) is 4.65. The van der Waals surface area contributed by atoms with Gasteiger partial charge in [0.25, 0.3) is 0 Å². The lowest BCUT2D eigenvalue weighted by atomic mass is 10.3. The van der Waals surface area contributed by atoms with E-state index in [1.807, 2.05) is 13.8 Å². The predicted octanol–water partition coefficient (Wildman–Crippen LogP) is 2.37. The van der Waals surface area contributed by atoms with Gasteiger partial charge in [-0.25, -0.2) is 0 Å². The van der Waals surface area contributed by atoms with Crippen LogP contribution in [0.1, 0.15) is 27.7 Å². The van der Waals surface area contributed by atoms with Gasteiger partial charge in [0.2, 0.25) is 0 Å². The summed E-state index contributed by atoms with van der Waals surface area (Å²) >= 11 is 1.38. The van der Waals surface area contributed by atoms with Crippen LogP contribution in [0.2, 0.25) is 0 Å². The number of hydrogen-bond acceptors (Lipinski definition) is 6. The fourth-order valence-corrected chi connectivity index (χ4v) is 2.51. The van der Waals surface area contributed by atoms with Crippen molar-refractivity contribution in [2.75, 3.05) is 30.9 Å². The van der Waals surface area contributed by atoms with Crippen molar-refractivity contribution >= 4 is 22.4 Å². The van der Waals surface area contributed by atoms with E-state index in [9.17, 15) is 0 Å². The molecule has 0 aliphatic heterocycles. The molecule has 0 spiro atoms. The van der Waals surface area contributed by atoms with Gasteiger partial charge in [0.05, 0.1) is 12.7 Å². The Morgan fingerprint density at radius 3 is 2.50 bits per heavy atom. The maximum Gasteiger partial charge on any atom is 0.198 e. The van der Waals surface area contributed by atoms with E-state index in [1.165, 1.54) is 11.5 Å². The molecule has 0 radical (unpaired) electrons. The topological polar surface area (TPSA) is 60.6 Å². The number of anilines is 2. The molecule has 0 saturated carbocycles. The summed E-state index contributed by atoms with van der Waals surface area (Å²) in [6, 6.07) is 0.342. The summed E-state index contributed by atoms with van der Waals surface area (Å²) < 4.78 is 15.1. The zero-order valence-corrected chi connectivity index (χ0v) is 12.6. The molecule has 0 fully saturated rings. The maximum absolute atomic E-state index is 5.87. The molecule has 1 rings (SSSR count). The zero-order chi connectivity index (χ0) is 13.7. The number of nitrogen functional groups attached to an aromatic ring is 1. The van der Waals surface area contributed by atoms with Crippen molar-refractivity contribution in [3.05, 3.63) is 0 Å². The third-order valence-electron chi connectivity index (χ3n) is 2.43. The predicted molar refractivity (Wildman–Crippen MR) is 76.6 cm³/mol. The highest BCUT2D eigenvalue weighted by atomic mass is 32.1. The van der Waals surface area contributed by atoms with Crippen LogP contribution in [0.4, 0.5) is 10.8 Å². The monoisotopic (exact) mass is 273 g/mol. The Morgan fingerprint density at radius 1 is 1.33 bits per heavy atom. The van der Waals surface area contributed by atoms with Gasteiger partial charge in [-0.1, -0.05) is 0 Å². The molecule has 18 heavy (non-hydrogen) atoms. The van der Waals surface area contributed by atoms with E-state index in [-0.39, 0.29) is 6.10 Å². The number of hydrogen-bond donors (Lipinski definition) is 1. The van der Waals surface area contributed by atoms with Gasteiger partial charge in [-0.2, -0.15) is 4.37 Å². The minimum absolute atomic E-state index is 0.0823. The summed E-state index contributed by atoms with van der Waals surface area (Å²) in [4.78, 5) is 2.20. The first-order valence-corrected chi connectivity index (χ1v) is 6.92. The Hall–Kier alpha value is -1.01. The number of methoxy groups -OCH3 is 1. The van der Waals surface area contributed by atoms with Gasteiger partial charge in [-0.05, 0) is 39.2 Å². The fraction of sp³-hybridized carbons (Fsp3) is 0.750. The number of nitrogens with zero attached hydrogens (tertiary/aromatic N) is 2. The lowest BCUT2D eigenvalue weighted by Crippen LogP contribution is -2.33. The van der Waals surface area contributed by atoms with E-state index in [1.54, 1.807) is 7.11 Å². The first kappa shape index (κ1) is 15.0. The van der Waals surface area contributed by atoms with Crippen molar-refractivity contribution in [2.24, 2.45) is 0 Å². The van der Waals surface area contributed by atoms with Crippen LogP contribution in [0.3, 0.4) is 0 Å². The maximum atomic E-state index is 5.87. The summed E-state index contributed by atoms with van der Waals surface area (Å²) in [5.74, 6) is 1.16. The van der Waals surface area contributed by atoms with E-state index in [0.29, 0.717) is 24.2 Å². The first-order valence-electron chi connectivity index (χ1n) is 6.14. The number of ether oxygens (including phenoxy) is 2. The summed E-state index contributed by atoms with van der Waals surface area (Å²) in [5, 5.41) is 0.980. The Labute approximate surface area is 113 Å². The third-order valence-corrected chi connectivity index (χ3v) is 3.31. The molecule has 0 unspecified atom stereocenters. The van der Waals surface area contributed by atoms with Crippen LogP contribution in [0.5, 0.6) is 5.75 Å². The zero-order valence-electron chi connectivity index (χ0n) is 11.8. The normalized spacial score (nSPS) is 11.3. The van der Waals surface area contributed by atoms with Crippen LogP contribution in [-0.2, 0) is 4.74 Å². The lowest BCUT2D eigenvalue weighted by molar-refractivity contribution is 0.203. The van der Waals surface area contributed by atoms with E-state index >= 15 is 0 Å². The molecule has 0 aliphatic rings. The van der Waals surface area contributed by atoms with Crippen molar-refractivity contribution in [3.8, 4) is 5.75 Å². The smallest absolute Gasteiger partial charge is 0.198 e. The van der Waals surface area contributed by atoms with Crippen molar-refractivity contribution in [2.45, 2.75) is 39.8 Å². The molecule has 0 aromatic carbocycles. The molecule has 0 amide bonds. The van der Waals surface area contributed by atoms with E-state index in [0.717, 1.165) is 11.5 Å². The van der Waals surface area contributed by atoms with Gasteiger partial charge < -0.3 is 20.1 Å². The van der Waals surface area contributed by atoms with Gasteiger partial charge in [-0.3, -0.25) is 0 Å². The van der Waals surface area contributed by atoms with E-state index in [4.69, 9.17) is 15.2 Å². The SMILES string of the molecule is COCCN(c1snc(N)c1OC(C)C)C(C)C. The standard InChI is InChI=1S/C12H23N3O2S/c1-8(2)15(6-7-16-5)12-10(17-9(3)4)11(13)14-18-12/h8-9H,6-7H2,1-5H3,(H2,13,14). The lowest BCUT2D eigenvalue weighted by Gasteiger charge is -2.28. The minimum Gasteiger partial charge on any atom is -0.484 e. The molecular formula is C12H23N3O2S. The first-order chi connectivity index (χ1) is 8.47. The molecule has 6 heteroatoms. The second-order valence-corrected chi connectivity index (χ2v) is 5.40. The molecule has 5 nitrogen and oxygen atoms in total. The molecule has 1 aromatic rings. The van der Waals surface area contributed by atoms with Crippen molar-refractivity contribution in [1.82, 2.24) is 4.37 Å². The van der Waals surface area contributed by atoms with E-state index in [2.05, 4.69) is 23.1 Å². The van der Waals surface area contributed by atoms with Crippen LogP contribution >= 0.6 is 11.5 Å². The van der Waals surface area contributed by atoms with Crippen LogP contribution in [0.25, 0.3) is 0 Å². The summed E-state index contributed by atoms with van der Waals surface area (Å²) in [7, 11) is 1.70. The van der Waals surface area contributed by atoms with Crippen LogP contribution in [0, 0.1) is 0 Å². The highest BCUT2D eigenvalue weighted by Gasteiger charge is 2.22. The molecule has 2 N–H and O–H groups in total. The Balaban J connectivity index is 2.96. The summed E-state index contributed by atoms with van der Waals surface area (Å²) in [6.07, 6.45) is 0.0823. The Bertz CT molecular complexity index is 366. The molecule has 0 bridgehead atoms. The Morgan fingerprint density at radius 2 is 2.00 bits per heavy atom. The Kier molecular flexibility index (Phi) is 5.68. The largest absolute Gasteiger partial charge is 0.484 e. The third kappa shape index (κ3) is 3.74. The van der Waals surface area contributed by atoms with E-state index < -0.39 is 0 Å². The quantitative estimate of drug-likeness (QED) is 0.826. The van der Waals surface area contributed by atoms with Crippen molar-refractivity contribution in [3.63, 3.8) is 0 Å². The van der Waals surface area contributed by atoms with Crippen molar-refractivity contribution < 1.29 is 9.47 Å². The molecule has 1 heterocycles. The minimum atomic E-state index is 0.0823.